The zero-order valence-corrected chi connectivity index (χ0v) is 18.7. The number of likely N-dealkylation sites (tertiary alicyclic amines) is 1. The number of likely N-dealkylation sites (N-methyl/N-ethyl adjacent to an activating group) is 1. The summed E-state index contributed by atoms with van der Waals surface area (Å²) in [5.74, 6) is 0.0331. The number of aromatic nitrogens is 2. The molecule has 0 spiro atoms. The average molecular weight is 424 g/mol. The number of anilines is 1. The van der Waals surface area contributed by atoms with Gasteiger partial charge in [0.25, 0.3) is 5.56 Å². The first kappa shape index (κ1) is 22.7. The number of nitrogens with one attached hydrogen (secondary N) is 2. The quantitative estimate of drug-likeness (QED) is 0.638. The lowest BCUT2D eigenvalue weighted by Crippen LogP contribution is -2.50. The Balaban J connectivity index is 1.75. The molecule has 7 heteroatoms. The van der Waals surface area contributed by atoms with Gasteiger partial charge in [0, 0.05) is 68.5 Å². The van der Waals surface area contributed by atoms with Crippen LogP contribution in [0, 0.1) is 0 Å². The Morgan fingerprint density at radius 2 is 2.13 bits per heavy atom. The molecule has 2 aromatic rings. The van der Waals surface area contributed by atoms with Crippen molar-refractivity contribution in [1.29, 1.82) is 0 Å². The number of pyridine rings is 2. The van der Waals surface area contributed by atoms with E-state index in [0.29, 0.717) is 31.4 Å². The number of hydrogen-bond donors (Lipinski definition) is 2. The number of nitrogens with zero attached hydrogens (tertiary/aromatic N) is 3. The van der Waals surface area contributed by atoms with E-state index in [1.165, 1.54) is 0 Å². The molecular weight excluding hydrogens is 390 g/mol. The minimum atomic E-state index is -0.109. The van der Waals surface area contributed by atoms with E-state index in [1.807, 2.05) is 29.2 Å². The number of piperidine rings is 1. The summed E-state index contributed by atoms with van der Waals surface area (Å²) in [6, 6.07) is 6.29. The lowest BCUT2D eigenvalue weighted by molar-refractivity contribution is -0.127. The number of hydrogen-bond acceptors (Lipinski definition) is 5. The minimum absolute atomic E-state index is 0.0331. The Kier molecular flexibility index (Phi) is 8.00. The van der Waals surface area contributed by atoms with E-state index in [0.717, 1.165) is 30.5 Å². The normalized spacial score (nSPS) is 16.8. The highest BCUT2D eigenvalue weighted by Gasteiger charge is 2.28. The summed E-state index contributed by atoms with van der Waals surface area (Å²) in [5.41, 5.74) is 2.49. The van der Waals surface area contributed by atoms with E-state index in [4.69, 9.17) is 0 Å². The van der Waals surface area contributed by atoms with Crippen molar-refractivity contribution in [2.75, 3.05) is 31.1 Å². The van der Waals surface area contributed by atoms with Gasteiger partial charge in [-0.15, -0.1) is 0 Å². The van der Waals surface area contributed by atoms with Gasteiger partial charge < -0.3 is 20.1 Å². The fourth-order valence-corrected chi connectivity index (χ4v) is 4.00. The van der Waals surface area contributed by atoms with Gasteiger partial charge in [0.2, 0.25) is 5.91 Å². The Morgan fingerprint density at radius 1 is 1.35 bits per heavy atom. The van der Waals surface area contributed by atoms with Crippen LogP contribution >= 0.6 is 0 Å². The summed E-state index contributed by atoms with van der Waals surface area (Å²) in [5, 5.41) is 3.28. The van der Waals surface area contributed by atoms with E-state index < -0.39 is 0 Å². The molecule has 0 unspecified atom stereocenters. The second kappa shape index (κ2) is 10.9. The molecule has 2 aromatic heterocycles. The van der Waals surface area contributed by atoms with Crippen molar-refractivity contribution in [1.82, 2.24) is 20.2 Å². The third-order valence-corrected chi connectivity index (χ3v) is 5.60. The Labute approximate surface area is 184 Å². The van der Waals surface area contributed by atoms with Gasteiger partial charge in [0.15, 0.2) is 0 Å². The average Bonchev–Trinajstić information content (AvgIpc) is 2.79. The molecule has 1 amide bonds. The fraction of sp³-hybridized carbons (Fsp3) is 0.458. The highest BCUT2D eigenvalue weighted by molar-refractivity contribution is 5.87. The standard InChI is InChI=1S/C24H33N5O2/c1-4-29(22-15-20(16-27-24(22)31)19-9-12-25-13-10-19)21-7-6-14-28(17-21)23(30)8-5-11-26-18(2)3/h5,8-10,12-13,15-16,18,21,26H,4,6-7,11,14,17H2,1-3H3,(H,27,31)/t21-/m1/s1. The second-order valence-electron chi connectivity index (χ2n) is 8.17. The molecule has 1 saturated heterocycles. The number of carbonyl (C=O) groups is 1. The van der Waals surface area contributed by atoms with Gasteiger partial charge in [-0.25, -0.2) is 0 Å². The summed E-state index contributed by atoms with van der Waals surface area (Å²) < 4.78 is 0. The molecule has 0 aliphatic carbocycles. The van der Waals surface area contributed by atoms with Crippen molar-refractivity contribution in [3.8, 4) is 11.1 Å². The van der Waals surface area contributed by atoms with Gasteiger partial charge in [-0.2, -0.15) is 0 Å². The first-order valence-electron chi connectivity index (χ1n) is 11.1. The molecule has 7 nitrogen and oxygen atoms in total. The number of rotatable bonds is 8. The number of carbonyl (C=O) groups excluding carboxylic acids is 1. The van der Waals surface area contributed by atoms with Gasteiger partial charge >= 0.3 is 0 Å². The highest BCUT2D eigenvalue weighted by Crippen LogP contribution is 2.25. The van der Waals surface area contributed by atoms with Crippen molar-refractivity contribution in [2.24, 2.45) is 0 Å². The third kappa shape index (κ3) is 6.04. The zero-order valence-electron chi connectivity index (χ0n) is 18.7. The topological polar surface area (TPSA) is 81.3 Å². The molecule has 1 aliphatic heterocycles. The molecule has 0 saturated carbocycles. The molecule has 31 heavy (non-hydrogen) atoms. The minimum Gasteiger partial charge on any atom is -0.363 e. The molecule has 3 rings (SSSR count). The van der Waals surface area contributed by atoms with Crippen LogP contribution in [-0.2, 0) is 4.79 Å². The summed E-state index contributed by atoms with van der Waals surface area (Å²) in [4.78, 5) is 36.3. The molecule has 0 bridgehead atoms. The van der Waals surface area contributed by atoms with Crippen molar-refractivity contribution in [2.45, 2.75) is 45.7 Å². The van der Waals surface area contributed by atoms with E-state index in [-0.39, 0.29) is 17.5 Å². The smallest absolute Gasteiger partial charge is 0.271 e. The van der Waals surface area contributed by atoms with Crippen molar-refractivity contribution in [3.05, 3.63) is 59.3 Å². The third-order valence-electron chi connectivity index (χ3n) is 5.60. The van der Waals surface area contributed by atoms with Crippen LogP contribution in [0.2, 0.25) is 0 Å². The molecule has 1 fully saturated rings. The summed E-state index contributed by atoms with van der Waals surface area (Å²) in [6.45, 7) is 8.96. The van der Waals surface area contributed by atoms with Crippen LogP contribution in [0.5, 0.6) is 0 Å². The predicted molar refractivity (Wildman–Crippen MR) is 125 cm³/mol. The first-order chi connectivity index (χ1) is 15.0. The van der Waals surface area contributed by atoms with Gasteiger partial charge in [-0.05, 0) is 43.5 Å². The van der Waals surface area contributed by atoms with Crippen LogP contribution in [0.15, 0.2) is 53.7 Å². The van der Waals surface area contributed by atoms with Crippen molar-refractivity contribution < 1.29 is 4.79 Å². The maximum absolute atomic E-state index is 12.7. The van der Waals surface area contributed by atoms with Crippen molar-refractivity contribution in [3.63, 3.8) is 0 Å². The van der Waals surface area contributed by atoms with E-state index >= 15 is 0 Å². The fourth-order valence-electron chi connectivity index (χ4n) is 4.00. The SMILES string of the molecule is CCN(c1cc(-c2ccncc2)c[nH]c1=O)[C@@H]1CCCN(C(=O)C=CCNC(C)C)C1. The zero-order chi connectivity index (χ0) is 22.2. The maximum Gasteiger partial charge on any atom is 0.271 e. The van der Waals surface area contributed by atoms with Crippen LogP contribution in [0.4, 0.5) is 5.69 Å². The predicted octanol–water partition coefficient (Wildman–Crippen LogP) is 2.81. The van der Waals surface area contributed by atoms with Crippen LogP contribution in [0.1, 0.15) is 33.6 Å². The van der Waals surface area contributed by atoms with E-state index in [2.05, 4.69) is 41.0 Å². The Morgan fingerprint density at radius 3 is 2.84 bits per heavy atom. The maximum atomic E-state index is 12.7. The van der Waals surface area contributed by atoms with Gasteiger partial charge in [-0.3, -0.25) is 14.6 Å². The van der Waals surface area contributed by atoms with E-state index in [1.54, 1.807) is 24.7 Å². The van der Waals surface area contributed by atoms with Gasteiger partial charge in [0.05, 0.1) is 0 Å². The van der Waals surface area contributed by atoms with Gasteiger partial charge in [0.1, 0.15) is 5.69 Å². The van der Waals surface area contributed by atoms with Gasteiger partial charge in [-0.1, -0.05) is 19.9 Å². The lowest BCUT2D eigenvalue weighted by atomic mass is 10.0. The van der Waals surface area contributed by atoms with Crippen LogP contribution in [0.3, 0.4) is 0 Å². The second-order valence-corrected chi connectivity index (χ2v) is 8.17. The monoisotopic (exact) mass is 423 g/mol. The highest BCUT2D eigenvalue weighted by atomic mass is 16.2. The first-order valence-corrected chi connectivity index (χ1v) is 11.1. The van der Waals surface area contributed by atoms with Crippen LogP contribution in [0.25, 0.3) is 11.1 Å². The molecule has 0 aromatic carbocycles. The number of H-pyrrole nitrogens is 1. The lowest BCUT2D eigenvalue weighted by Gasteiger charge is -2.39. The molecule has 0 radical (unpaired) electrons. The van der Waals surface area contributed by atoms with Crippen molar-refractivity contribution >= 4 is 11.6 Å². The summed E-state index contributed by atoms with van der Waals surface area (Å²) in [6.07, 6.45) is 10.6. The molecule has 1 atom stereocenters. The van der Waals surface area contributed by atoms with Crippen LogP contribution < -0.4 is 15.8 Å². The summed E-state index contributed by atoms with van der Waals surface area (Å²) >= 11 is 0. The molecule has 3 heterocycles. The molecule has 166 valence electrons. The Bertz CT molecular complexity index is 938. The largest absolute Gasteiger partial charge is 0.363 e. The molecule has 2 N–H and O–H groups in total. The number of aromatic amines is 1. The molecule has 1 aliphatic rings. The molecular formula is C24H33N5O2. The number of amides is 1. The van der Waals surface area contributed by atoms with E-state index in [9.17, 15) is 9.59 Å². The summed E-state index contributed by atoms with van der Waals surface area (Å²) in [7, 11) is 0. The Hall–Kier alpha value is -2.93. The van der Waals surface area contributed by atoms with Crippen LogP contribution in [-0.4, -0.2) is 59.0 Å².